The lowest BCUT2D eigenvalue weighted by molar-refractivity contribution is 0.0492. The third-order valence-corrected chi connectivity index (χ3v) is 2.74. The van der Waals surface area contributed by atoms with Crippen molar-refractivity contribution < 1.29 is 24.0 Å². The maximum Gasteiger partial charge on any atom is 0.488 e. The van der Waals surface area contributed by atoms with Crippen molar-refractivity contribution in [2.45, 2.75) is 32.6 Å². The molecule has 0 saturated heterocycles. The minimum atomic E-state index is -1.76. The fourth-order valence-electron chi connectivity index (χ4n) is 1.63. The Hall–Kier alpha value is -1.40. The number of hydrogen-bond acceptors (Lipinski definition) is 4. The van der Waals surface area contributed by atoms with Crippen LogP contribution in [0, 0.1) is 5.82 Å². The SMILES string of the molecule is CCCCCCOC(=O)c1ccc(B(O)O)cc1F. The van der Waals surface area contributed by atoms with Crippen molar-refractivity contribution in [2.24, 2.45) is 0 Å². The van der Waals surface area contributed by atoms with Crippen molar-refractivity contribution >= 4 is 18.6 Å². The van der Waals surface area contributed by atoms with Gasteiger partial charge >= 0.3 is 13.1 Å². The number of carbonyl (C=O) groups excluding carboxylic acids is 1. The summed E-state index contributed by atoms with van der Waals surface area (Å²) >= 11 is 0. The molecule has 19 heavy (non-hydrogen) atoms. The average Bonchev–Trinajstić information content (AvgIpc) is 2.38. The number of unbranched alkanes of at least 4 members (excludes halogenated alkanes) is 3. The number of ether oxygens (including phenoxy) is 1. The number of carbonyl (C=O) groups is 1. The van der Waals surface area contributed by atoms with Crippen LogP contribution in [-0.2, 0) is 4.74 Å². The van der Waals surface area contributed by atoms with Gasteiger partial charge in [-0.2, -0.15) is 0 Å². The molecule has 1 aromatic rings. The summed E-state index contributed by atoms with van der Waals surface area (Å²) in [5.41, 5.74) is -0.197. The first-order chi connectivity index (χ1) is 9.06. The van der Waals surface area contributed by atoms with Crippen molar-refractivity contribution in [1.82, 2.24) is 0 Å². The van der Waals surface area contributed by atoms with Crippen molar-refractivity contribution in [3.05, 3.63) is 29.6 Å². The van der Waals surface area contributed by atoms with Gasteiger partial charge < -0.3 is 14.8 Å². The van der Waals surface area contributed by atoms with Gasteiger partial charge in [-0.1, -0.05) is 32.3 Å². The average molecular weight is 268 g/mol. The molecule has 0 saturated carbocycles. The maximum absolute atomic E-state index is 13.6. The Morgan fingerprint density at radius 2 is 2.05 bits per heavy atom. The van der Waals surface area contributed by atoms with E-state index in [1.165, 1.54) is 12.1 Å². The van der Waals surface area contributed by atoms with Gasteiger partial charge in [0.05, 0.1) is 12.2 Å². The molecule has 0 aliphatic carbocycles. The van der Waals surface area contributed by atoms with E-state index in [1.807, 2.05) is 0 Å². The van der Waals surface area contributed by atoms with Gasteiger partial charge in [0, 0.05) is 0 Å². The highest BCUT2D eigenvalue weighted by molar-refractivity contribution is 6.58. The summed E-state index contributed by atoms with van der Waals surface area (Å²) in [5, 5.41) is 17.7. The molecule has 104 valence electrons. The Morgan fingerprint density at radius 3 is 2.63 bits per heavy atom. The molecule has 0 unspecified atom stereocenters. The molecule has 0 atom stereocenters. The zero-order chi connectivity index (χ0) is 14.3. The molecule has 0 spiro atoms. The van der Waals surface area contributed by atoms with Crippen LogP contribution in [-0.4, -0.2) is 29.7 Å². The minimum Gasteiger partial charge on any atom is -0.462 e. The van der Waals surface area contributed by atoms with E-state index < -0.39 is 18.9 Å². The molecule has 0 heterocycles. The third kappa shape index (κ3) is 5.00. The van der Waals surface area contributed by atoms with Gasteiger partial charge in [0.2, 0.25) is 0 Å². The van der Waals surface area contributed by atoms with Gasteiger partial charge in [-0.15, -0.1) is 0 Å². The molecule has 0 amide bonds. The minimum absolute atomic E-state index is 0.00278. The smallest absolute Gasteiger partial charge is 0.462 e. The Labute approximate surface area is 112 Å². The van der Waals surface area contributed by atoms with E-state index in [-0.39, 0.29) is 17.6 Å². The van der Waals surface area contributed by atoms with Gasteiger partial charge in [-0.25, -0.2) is 9.18 Å². The van der Waals surface area contributed by atoms with Gasteiger partial charge in [0.1, 0.15) is 5.82 Å². The highest BCUT2D eigenvalue weighted by Gasteiger charge is 2.17. The second-order valence-corrected chi connectivity index (χ2v) is 4.31. The Kier molecular flexibility index (Phi) is 6.52. The van der Waals surface area contributed by atoms with Crippen molar-refractivity contribution in [3.63, 3.8) is 0 Å². The molecule has 4 nitrogen and oxygen atoms in total. The first-order valence-corrected chi connectivity index (χ1v) is 6.39. The van der Waals surface area contributed by atoms with Gasteiger partial charge in [-0.05, 0) is 24.0 Å². The largest absolute Gasteiger partial charge is 0.488 e. The summed E-state index contributed by atoms with van der Waals surface area (Å²) in [4.78, 5) is 11.6. The van der Waals surface area contributed by atoms with Crippen LogP contribution in [0.3, 0.4) is 0 Å². The Bertz CT molecular complexity index is 423. The summed E-state index contributed by atoms with van der Waals surface area (Å²) < 4.78 is 18.5. The molecular weight excluding hydrogens is 250 g/mol. The highest BCUT2D eigenvalue weighted by atomic mass is 19.1. The summed E-state index contributed by atoms with van der Waals surface area (Å²) in [6.45, 7) is 2.35. The number of esters is 1. The lowest BCUT2D eigenvalue weighted by atomic mass is 9.80. The second-order valence-electron chi connectivity index (χ2n) is 4.31. The highest BCUT2D eigenvalue weighted by Crippen LogP contribution is 2.08. The van der Waals surface area contributed by atoms with Crippen LogP contribution >= 0.6 is 0 Å². The van der Waals surface area contributed by atoms with Gasteiger partial charge in [0.25, 0.3) is 0 Å². The van der Waals surface area contributed by atoms with Crippen LogP contribution < -0.4 is 5.46 Å². The van der Waals surface area contributed by atoms with Crippen LogP contribution in [0.2, 0.25) is 0 Å². The summed E-state index contributed by atoms with van der Waals surface area (Å²) in [7, 11) is -1.76. The fraction of sp³-hybridized carbons (Fsp3) is 0.462. The van der Waals surface area contributed by atoms with E-state index in [0.29, 0.717) is 0 Å². The molecule has 0 aliphatic rings. The normalized spacial score (nSPS) is 10.3. The topological polar surface area (TPSA) is 66.8 Å². The number of rotatable bonds is 7. The lowest BCUT2D eigenvalue weighted by Gasteiger charge is -2.07. The van der Waals surface area contributed by atoms with E-state index >= 15 is 0 Å². The molecule has 0 aliphatic heterocycles. The van der Waals surface area contributed by atoms with Crippen LogP contribution in [0.15, 0.2) is 18.2 Å². The number of hydrogen-bond donors (Lipinski definition) is 2. The summed E-state index contributed by atoms with van der Waals surface area (Å²) in [5.74, 6) is -1.54. The zero-order valence-electron chi connectivity index (χ0n) is 10.9. The van der Waals surface area contributed by atoms with Crippen LogP contribution in [0.25, 0.3) is 0 Å². The molecule has 2 N–H and O–H groups in total. The van der Waals surface area contributed by atoms with E-state index in [9.17, 15) is 9.18 Å². The van der Waals surface area contributed by atoms with E-state index in [1.54, 1.807) is 0 Å². The summed E-state index contributed by atoms with van der Waals surface area (Å²) in [6.07, 6.45) is 3.90. The van der Waals surface area contributed by atoms with Crippen LogP contribution in [0.4, 0.5) is 4.39 Å². The molecule has 1 rings (SSSR count). The van der Waals surface area contributed by atoms with E-state index in [2.05, 4.69) is 6.92 Å². The summed E-state index contributed by atoms with van der Waals surface area (Å²) in [6, 6.07) is 3.39. The standard InChI is InChI=1S/C13H18BFO4/c1-2-3-4-5-8-19-13(16)11-7-6-10(14(17)18)9-12(11)15/h6-7,9,17-18H,2-5,8H2,1H3. The van der Waals surface area contributed by atoms with Crippen LogP contribution in [0.1, 0.15) is 43.0 Å². The van der Waals surface area contributed by atoms with Crippen molar-refractivity contribution in [3.8, 4) is 0 Å². The lowest BCUT2D eigenvalue weighted by Crippen LogP contribution is -2.30. The maximum atomic E-state index is 13.6. The third-order valence-electron chi connectivity index (χ3n) is 2.74. The first kappa shape index (κ1) is 15.7. The monoisotopic (exact) mass is 268 g/mol. The van der Waals surface area contributed by atoms with E-state index in [4.69, 9.17) is 14.8 Å². The first-order valence-electron chi connectivity index (χ1n) is 6.39. The van der Waals surface area contributed by atoms with Gasteiger partial charge in [-0.3, -0.25) is 0 Å². The molecular formula is C13H18BFO4. The Balaban J connectivity index is 2.53. The number of halogens is 1. The van der Waals surface area contributed by atoms with Crippen LogP contribution in [0.5, 0.6) is 0 Å². The molecule has 0 radical (unpaired) electrons. The second kappa shape index (κ2) is 7.91. The zero-order valence-corrected chi connectivity index (χ0v) is 10.9. The molecule has 0 fully saturated rings. The van der Waals surface area contributed by atoms with Crippen molar-refractivity contribution in [1.29, 1.82) is 0 Å². The predicted octanol–water partition coefficient (Wildman–Crippen LogP) is 1.24. The van der Waals surface area contributed by atoms with E-state index in [0.717, 1.165) is 31.7 Å². The molecule has 0 aromatic heterocycles. The van der Waals surface area contributed by atoms with Crippen molar-refractivity contribution in [2.75, 3.05) is 6.61 Å². The Morgan fingerprint density at radius 1 is 1.32 bits per heavy atom. The molecule has 1 aromatic carbocycles. The molecule has 6 heteroatoms. The fourth-order valence-corrected chi connectivity index (χ4v) is 1.63. The van der Waals surface area contributed by atoms with Gasteiger partial charge in [0.15, 0.2) is 0 Å². The number of benzene rings is 1. The predicted molar refractivity (Wildman–Crippen MR) is 70.7 cm³/mol. The molecule has 0 bridgehead atoms. The quantitative estimate of drug-likeness (QED) is 0.443.